The van der Waals surface area contributed by atoms with Crippen LogP contribution in [0.2, 0.25) is 0 Å². The maximum absolute atomic E-state index is 12.5. The van der Waals surface area contributed by atoms with Crippen molar-refractivity contribution < 1.29 is 19.4 Å². The molecule has 0 aromatic heterocycles. The van der Waals surface area contributed by atoms with Gasteiger partial charge in [0.1, 0.15) is 11.9 Å². The Morgan fingerprint density at radius 3 is 2.42 bits per heavy atom. The summed E-state index contributed by atoms with van der Waals surface area (Å²) in [6.45, 7) is 15.4. The van der Waals surface area contributed by atoms with Crippen LogP contribution in [0.25, 0.3) is 0 Å². The molecular formula is C27H42O4. The van der Waals surface area contributed by atoms with Gasteiger partial charge in [0.05, 0.1) is 12.0 Å². The molecule has 0 unspecified atom stereocenters. The van der Waals surface area contributed by atoms with Gasteiger partial charge < -0.3 is 9.84 Å². The zero-order valence-corrected chi connectivity index (χ0v) is 20.6. The van der Waals surface area contributed by atoms with E-state index in [4.69, 9.17) is 4.74 Å². The number of carbonyl (C=O) groups is 2. The Labute approximate surface area is 189 Å². The number of ether oxygens (including phenoxy) is 1. The van der Waals surface area contributed by atoms with Gasteiger partial charge in [-0.3, -0.25) is 9.59 Å². The van der Waals surface area contributed by atoms with Crippen LogP contribution >= 0.6 is 0 Å². The van der Waals surface area contributed by atoms with Crippen molar-refractivity contribution in [1.82, 2.24) is 0 Å². The average Bonchev–Trinajstić information content (AvgIpc) is 2.98. The molecule has 31 heavy (non-hydrogen) atoms. The first kappa shape index (κ1) is 27.1. The molecule has 1 aliphatic rings. The van der Waals surface area contributed by atoms with Gasteiger partial charge in [0.15, 0.2) is 0 Å². The fraction of sp³-hybridized carbons (Fsp3) is 0.630. The maximum Gasteiger partial charge on any atom is 0.313 e. The van der Waals surface area contributed by atoms with Crippen molar-refractivity contribution in [2.45, 2.75) is 86.9 Å². The number of cyclic esters (lactones) is 1. The Morgan fingerprint density at radius 2 is 1.84 bits per heavy atom. The quantitative estimate of drug-likeness (QED) is 0.324. The number of aliphatic hydroxyl groups is 1. The third-order valence-electron chi connectivity index (χ3n) is 6.30. The lowest BCUT2D eigenvalue weighted by atomic mass is 9.87. The topological polar surface area (TPSA) is 63.6 Å². The molecule has 1 saturated heterocycles. The van der Waals surface area contributed by atoms with E-state index in [-0.39, 0.29) is 29.7 Å². The number of carbonyl (C=O) groups excluding carboxylic acids is 2. The number of allylic oxidation sites excluding steroid dienone is 5. The van der Waals surface area contributed by atoms with Crippen LogP contribution in [-0.4, -0.2) is 29.1 Å². The van der Waals surface area contributed by atoms with Gasteiger partial charge in [-0.15, -0.1) is 0 Å². The highest BCUT2D eigenvalue weighted by Crippen LogP contribution is 2.34. The van der Waals surface area contributed by atoms with Crippen molar-refractivity contribution in [1.29, 1.82) is 0 Å². The predicted molar refractivity (Wildman–Crippen MR) is 127 cm³/mol. The molecule has 0 spiro atoms. The van der Waals surface area contributed by atoms with Gasteiger partial charge in [0, 0.05) is 11.8 Å². The Balaban J connectivity index is 2.87. The van der Waals surface area contributed by atoms with Crippen LogP contribution in [0.3, 0.4) is 0 Å². The molecule has 1 rings (SSSR count). The monoisotopic (exact) mass is 430 g/mol. The van der Waals surface area contributed by atoms with Gasteiger partial charge in [-0.05, 0) is 51.2 Å². The van der Waals surface area contributed by atoms with E-state index in [1.165, 1.54) is 26.2 Å². The van der Waals surface area contributed by atoms with E-state index < -0.39 is 12.0 Å². The van der Waals surface area contributed by atoms with Gasteiger partial charge in [-0.1, -0.05) is 76.5 Å². The number of Topliss-reactive ketones (excluding diaryl/α,β-unsaturated/α-hetero) is 1. The number of hydrogen-bond donors (Lipinski definition) is 1. The summed E-state index contributed by atoms with van der Waals surface area (Å²) in [5.41, 5.74) is 2.64. The predicted octanol–water partition coefficient (Wildman–Crippen LogP) is 5.97. The van der Waals surface area contributed by atoms with E-state index in [1.807, 2.05) is 32.9 Å². The van der Waals surface area contributed by atoms with Crippen LogP contribution < -0.4 is 0 Å². The lowest BCUT2D eigenvalue weighted by Crippen LogP contribution is -2.24. The van der Waals surface area contributed by atoms with Crippen molar-refractivity contribution in [3.63, 3.8) is 0 Å². The summed E-state index contributed by atoms with van der Waals surface area (Å²) in [6.07, 6.45) is 12.7. The highest BCUT2D eigenvalue weighted by Gasteiger charge is 2.41. The summed E-state index contributed by atoms with van der Waals surface area (Å²) in [4.78, 5) is 24.1. The molecule has 1 N–H and O–H groups in total. The van der Waals surface area contributed by atoms with Gasteiger partial charge >= 0.3 is 5.97 Å². The molecular weight excluding hydrogens is 388 g/mol. The number of rotatable bonds is 11. The molecule has 4 nitrogen and oxygen atoms in total. The van der Waals surface area contributed by atoms with Gasteiger partial charge in [0.25, 0.3) is 0 Å². The number of aliphatic hydroxyl groups excluding tert-OH is 1. The summed E-state index contributed by atoms with van der Waals surface area (Å²) in [5, 5.41) is 10.3. The minimum absolute atomic E-state index is 0.0272. The average molecular weight is 431 g/mol. The lowest BCUT2D eigenvalue weighted by molar-refractivity contribution is -0.142. The largest absolute Gasteiger partial charge is 0.457 e. The van der Waals surface area contributed by atoms with Crippen molar-refractivity contribution in [2.75, 3.05) is 0 Å². The molecule has 1 fully saturated rings. The molecule has 0 amide bonds. The number of hydrogen-bond acceptors (Lipinski definition) is 4. The molecule has 1 heterocycles. The second kappa shape index (κ2) is 12.8. The number of ketones is 1. The Hall–Kier alpha value is -1.94. The van der Waals surface area contributed by atoms with Crippen LogP contribution in [0.4, 0.5) is 0 Å². The minimum Gasteiger partial charge on any atom is -0.457 e. The first-order valence-electron chi connectivity index (χ1n) is 11.6. The summed E-state index contributed by atoms with van der Waals surface area (Å²) in [5.74, 6) is -0.467. The molecule has 0 aromatic carbocycles. The van der Waals surface area contributed by atoms with E-state index in [2.05, 4.69) is 32.1 Å². The SMILES string of the molecule is CCCC[C@H](C)/C=C/C=C(\C)[C@H]1OC(=O)[C@@H](/C=C(C)/C=C(\C)[C@@H](O)[C@H](C)C(C)=O)[C@@H]1C. The molecule has 0 bridgehead atoms. The van der Waals surface area contributed by atoms with Crippen LogP contribution in [-0.2, 0) is 14.3 Å². The van der Waals surface area contributed by atoms with Gasteiger partial charge in [0.2, 0.25) is 0 Å². The fourth-order valence-corrected chi connectivity index (χ4v) is 3.95. The third-order valence-corrected chi connectivity index (χ3v) is 6.30. The van der Waals surface area contributed by atoms with E-state index in [1.54, 1.807) is 13.8 Å². The van der Waals surface area contributed by atoms with Crippen LogP contribution in [0.5, 0.6) is 0 Å². The second-order valence-corrected chi connectivity index (χ2v) is 9.30. The van der Waals surface area contributed by atoms with Crippen molar-refractivity contribution in [2.24, 2.45) is 23.7 Å². The number of esters is 1. The maximum atomic E-state index is 12.5. The van der Waals surface area contributed by atoms with Crippen molar-refractivity contribution >= 4 is 11.8 Å². The molecule has 0 aromatic rings. The summed E-state index contributed by atoms with van der Waals surface area (Å²) < 4.78 is 5.69. The first-order valence-corrected chi connectivity index (χ1v) is 11.6. The smallest absolute Gasteiger partial charge is 0.313 e. The highest BCUT2D eigenvalue weighted by molar-refractivity contribution is 5.79. The van der Waals surface area contributed by atoms with E-state index in [0.29, 0.717) is 11.5 Å². The van der Waals surface area contributed by atoms with Crippen molar-refractivity contribution in [3.05, 3.63) is 47.1 Å². The third kappa shape index (κ3) is 8.25. The molecule has 174 valence electrons. The van der Waals surface area contributed by atoms with Crippen LogP contribution in [0, 0.1) is 23.7 Å². The molecule has 4 heteroatoms. The highest BCUT2D eigenvalue weighted by atomic mass is 16.6. The Kier molecular flexibility index (Phi) is 11.2. The minimum atomic E-state index is -0.821. The van der Waals surface area contributed by atoms with E-state index in [0.717, 1.165) is 11.1 Å². The standard InChI is InChI=1S/C27H42O4/c1-9-10-12-17(2)13-11-14-19(4)26-22(7)24(27(30)31-26)16-18(3)15-20(5)25(29)21(6)23(8)28/h11,13-17,21-22,24-26,29H,9-10,12H2,1-8H3/b13-11+,18-16+,19-14+,20-15+/t17-,21+,22-,24-,25+,26+/m0/s1. The normalized spacial score (nSPS) is 26.2. The molecule has 0 radical (unpaired) electrons. The lowest BCUT2D eigenvalue weighted by Gasteiger charge is -2.17. The molecule has 0 saturated carbocycles. The van der Waals surface area contributed by atoms with Crippen LogP contribution in [0.1, 0.15) is 74.7 Å². The summed E-state index contributed by atoms with van der Waals surface area (Å²) in [7, 11) is 0. The summed E-state index contributed by atoms with van der Waals surface area (Å²) in [6, 6.07) is 0. The summed E-state index contributed by atoms with van der Waals surface area (Å²) >= 11 is 0. The second-order valence-electron chi connectivity index (χ2n) is 9.30. The Bertz CT molecular complexity index is 740. The van der Waals surface area contributed by atoms with E-state index >= 15 is 0 Å². The number of unbranched alkanes of at least 4 members (excludes halogenated alkanes) is 1. The van der Waals surface area contributed by atoms with Crippen molar-refractivity contribution in [3.8, 4) is 0 Å². The Morgan fingerprint density at radius 1 is 1.19 bits per heavy atom. The van der Waals surface area contributed by atoms with Gasteiger partial charge in [-0.2, -0.15) is 0 Å². The van der Waals surface area contributed by atoms with Crippen LogP contribution in [0.15, 0.2) is 47.1 Å². The zero-order valence-electron chi connectivity index (χ0n) is 20.6. The molecule has 1 aliphatic heterocycles. The molecule has 0 aliphatic carbocycles. The molecule has 6 atom stereocenters. The zero-order chi connectivity index (χ0) is 23.7. The van der Waals surface area contributed by atoms with Gasteiger partial charge in [-0.25, -0.2) is 0 Å². The first-order chi connectivity index (χ1) is 14.5. The fourth-order valence-electron chi connectivity index (χ4n) is 3.95. The van der Waals surface area contributed by atoms with E-state index in [9.17, 15) is 14.7 Å².